The van der Waals surface area contributed by atoms with Crippen LogP contribution in [0.3, 0.4) is 0 Å². The van der Waals surface area contributed by atoms with E-state index in [1.54, 1.807) is 24.3 Å². The highest BCUT2D eigenvalue weighted by Crippen LogP contribution is 2.46. The van der Waals surface area contributed by atoms with Crippen molar-refractivity contribution in [2.24, 2.45) is 0 Å². The number of hydrogen-bond acceptors (Lipinski definition) is 7. The molecule has 0 heterocycles. The normalized spacial score (nSPS) is 12.5. The third-order valence-corrected chi connectivity index (χ3v) is 5.49. The van der Waals surface area contributed by atoms with Gasteiger partial charge >= 0.3 is 0 Å². The Balaban J connectivity index is 1.90. The van der Waals surface area contributed by atoms with E-state index < -0.39 is 23.1 Å². The highest BCUT2D eigenvalue weighted by molar-refractivity contribution is 6.38. The highest BCUT2D eigenvalue weighted by atomic mass is 35.5. The molecule has 6 N–H and O–H groups in total. The van der Waals surface area contributed by atoms with Crippen molar-refractivity contribution >= 4 is 34.5 Å². The lowest BCUT2D eigenvalue weighted by atomic mass is 9.80. The first-order chi connectivity index (χ1) is 14.8. The van der Waals surface area contributed by atoms with E-state index >= 15 is 0 Å². The van der Waals surface area contributed by atoms with E-state index in [1.807, 2.05) is 6.92 Å². The fraction of sp³-hybridized carbons (Fsp3) is 0.130. The van der Waals surface area contributed by atoms with E-state index in [1.165, 1.54) is 6.07 Å². The Kier molecular flexibility index (Phi) is 4.99. The summed E-state index contributed by atoms with van der Waals surface area (Å²) in [5, 5.41) is 21.1. The molecule has 0 saturated heterocycles. The molecule has 0 saturated carbocycles. The van der Waals surface area contributed by atoms with E-state index in [2.05, 4.69) is 0 Å². The zero-order valence-corrected chi connectivity index (χ0v) is 17.3. The van der Waals surface area contributed by atoms with Crippen molar-refractivity contribution in [3.63, 3.8) is 0 Å². The topological polar surface area (TPSA) is 136 Å². The Hall–Kier alpha value is -3.71. The number of halogens is 1. The van der Waals surface area contributed by atoms with Crippen molar-refractivity contribution in [2.75, 3.05) is 18.1 Å². The SMILES string of the molecule is CCCOc1ccc(-c2cc(N)c3c(c2O)C(=O)c2c(N)c(Cl)cc(O)c2C3=O)cc1. The third-order valence-electron chi connectivity index (χ3n) is 5.17. The summed E-state index contributed by atoms with van der Waals surface area (Å²) in [6, 6.07) is 9.41. The first-order valence-electron chi connectivity index (χ1n) is 9.55. The smallest absolute Gasteiger partial charge is 0.200 e. The Morgan fingerprint density at radius 1 is 0.935 bits per heavy atom. The molecule has 0 atom stereocenters. The molecule has 0 radical (unpaired) electrons. The van der Waals surface area contributed by atoms with E-state index in [-0.39, 0.29) is 44.2 Å². The number of carbonyl (C=O) groups excluding carboxylic acids is 2. The van der Waals surface area contributed by atoms with Gasteiger partial charge in [-0.15, -0.1) is 0 Å². The molecule has 0 aliphatic heterocycles. The van der Waals surface area contributed by atoms with Gasteiger partial charge in [0.1, 0.15) is 17.2 Å². The van der Waals surface area contributed by atoms with Crippen LogP contribution in [0.1, 0.15) is 45.2 Å². The Morgan fingerprint density at radius 3 is 2.23 bits per heavy atom. The van der Waals surface area contributed by atoms with Crippen molar-refractivity contribution < 1.29 is 24.5 Å². The number of ketones is 2. The molecular weight excluding hydrogens is 420 g/mol. The standard InChI is InChI=1S/C23H19ClN2O5/c1-2-7-31-11-5-3-10(4-6-11)12-8-14(25)16-19(21(12)28)23(30)18-17(22(16)29)15(27)9-13(24)20(18)26/h3-6,8-9,27-28H,2,7,25-26H2,1H3. The average Bonchev–Trinajstić information content (AvgIpc) is 2.74. The number of ether oxygens (including phenoxy) is 1. The fourth-order valence-corrected chi connectivity index (χ4v) is 3.90. The van der Waals surface area contributed by atoms with Crippen LogP contribution in [0, 0.1) is 0 Å². The average molecular weight is 439 g/mol. The molecule has 158 valence electrons. The number of carbonyl (C=O) groups is 2. The molecule has 3 aromatic carbocycles. The number of fused-ring (bicyclic) bond motifs is 2. The first-order valence-corrected chi connectivity index (χ1v) is 9.93. The van der Waals surface area contributed by atoms with E-state index in [9.17, 15) is 19.8 Å². The summed E-state index contributed by atoms with van der Waals surface area (Å²) < 4.78 is 5.56. The van der Waals surface area contributed by atoms with Gasteiger partial charge < -0.3 is 26.4 Å². The zero-order chi connectivity index (χ0) is 22.4. The van der Waals surface area contributed by atoms with Gasteiger partial charge in [-0.1, -0.05) is 30.7 Å². The van der Waals surface area contributed by atoms with Crippen LogP contribution in [0.5, 0.6) is 17.2 Å². The van der Waals surface area contributed by atoms with E-state index in [0.717, 1.165) is 12.5 Å². The lowest BCUT2D eigenvalue weighted by Crippen LogP contribution is -2.24. The molecule has 7 nitrogen and oxygen atoms in total. The van der Waals surface area contributed by atoms with Crippen molar-refractivity contribution in [1.82, 2.24) is 0 Å². The number of aromatic hydroxyl groups is 2. The van der Waals surface area contributed by atoms with Gasteiger partial charge in [-0.2, -0.15) is 0 Å². The lowest BCUT2D eigenvalue weighted by molar-refractivity contribution is 0.0975. The summed E-state index contributed by atoms with van der Waals surface area (Å²) in [4.78, 5) is 26.4. The molecule has 0 aromatic heterocycles. The van der Waals surface area contributed by atoms with E-state index in [0.29, 0.717) is 17.9 Å². The van der Waals surface area contributed by atoms with Crippen molar-refractivity contribution in [1.29, 1.82) is 0 Å². The minimum atomic E-state index is -0.742. The summed E-state index contributed by atoms with van der Waals surface area (Å²) in [6.07, 6.45) is 0.865. The summed E-state index contributed by atoms with van der Waals surface area (Å²) >= 11 is 5.99. The van der Waals surface area contributed by atoms with Crippen LogP contribution in [0.2, 0.25) is 5.02 Å². The largest absolute Gasteiger partial charge is 0.507 e. The molecule has 1 aliphatic carbocycles. The van der Waals surface area contributed by atoms with E-state index in [4.69, 9.17) is 27.8 Å². The Labute approximate surface area is 182 Å². The molecule has 0 bridgehead atoms. The molecule has 0 spiro atoms. The number of nitrogen functional groups attached to an aromatic ring is 2. The van der Waals surface area contributed by atoms with Crippen LogP contribution >= 0.6 is 11.6 Å². The minimum absolute atomic E-state index is 0.00830. The second-order valence-corrected chi connectivity index (χ2v) is 7.59. The molecule has 4 rings (SSSR count). The number of anilines is 2. The highest BCUT2D eigenvalue weighted by Gasteiger charge is 2.39. The molecular formula is C23H19ClN2O5. The van der Waals surface area contributed by atoms with Gasteiger partial charge in [-0.3, -0.25) is 9.59 Å². The molecule has 8 heteroatoms. The van der Waals surface area contributed by atoms with Gasteiger partial charge in [-0.05, 0) is 30.2 Å². The second-order valence-electron chi connectivity index (χ2n) is 7.18. The summed E-state index contributed by atoms with van der Waals surface area (Å²) in [5.41, 5.74) is 11.8. The first kappa shape index (κ1) is 20.6. The van der Waals surface area contributed by atoms with Crippen LogP contribution in [-0.4, -0.2) is 28.4 Å². The number of hydrogen-bond donors (Lipinski definition) is 4. The van der Waals surface area contributed by atoms with Gasteiger partial charge in [0.2, 0.25) is 11.6 Å². The molecule has 0 fully saturated rings. The summed E-state index contributed by atoms with van der Waals surface area (Å²) in [7, 11) is 0. The monoisotopic (exact) mass is 438 g/mol. The Bertz CT molecular complexity index is 1250. The number of phenols is 2. The van der Waals surface area contributed by atoms with Crippen LogP contribution < -0.4 is 16.2 Å². The lowest BCUT2D eigenvalue weighted by Gasteiger charge is -2.24. The molecule has 0 unspecified atom stereocenters. The van der Waals surface area contributed by atoms with Crippen LogP contribution in [-0.2, 0) is 0 Å². The molecule has 0 amide bonds. The van der Waals surface area contributed by atoms with Gasteiger partial charge in [0, 0.05) is 17.3 Å². The quantitative estimate of drug-likeness (QED) is 0.277. The van der Waals surface area contributed by atoms with Crippen molar-refractivity contribution in [3.05, 3.63) is 63.7 Å². The zero-order valence-electron chi connectivity index (χ0n) is 16.5. The van der Waals surface area contributed by atoms with Gasteiger partial charge in [-0.25, -0.2) is 0 Å². The maximum Gasteiger partial charge on any atom is 0.200 e. The second kappa shape index (κ2) is 7.52. The summed E-state index contributed by atoms with van der Waals surface area (Å²) in [5.74, 6) is -1.69. The fourth-order valence-electron chi connectivity index (χ4n) is 3.70. The maximum absolute atomic E-state index is 13.3. The van der Waals surface area contributed by atoms with Gasteiger partial charge in [0.25, 0.3) is 0 Å². The summed E-state index contributed by atoms with van der Waals surface area (Å²) in [6.45, 7) is 2.57. The predicted octanol–water partition coefficient (Wildman–Crippen LogP) is 4.15. The predicted molar refractivity (Wildman–Crippen MR) is 118 cm³/mol. The minimum Gasteiger partial charge on any atom is -0.507 e. The molecule has 3 aromatic rings. The van der Waals surface area contributed by atoms with Crippen molar-refractivity contribution in [3.8, 4) is 28.4 Å². The van der Waals surface area contributed by atoms with Gasteiger partial charge in [0.05, 0.1) is 39.6 Å². The number of phenolic OH excluding ortho intramolecular Hbond substituents is 2. The number of nitrogens with two attached hydrogens (primary N) is 2. The van der Waals surface area contributed by atoms with Crippen molar-refractivity contribution in [2.45, 2.75) is 13.3 Å². The Morgan fingerprint density at radius 2 is 1.58 bits per heavy atom. The molecule has 31 heavy (non-hydrogen) atoms. The van der Waals surface area contributed by atoms with Crippen LogP contribution in [0.15, 0.2) is 36.4 Å². The van der Waals surface area contributed by atoms with Gasteiger partial charge in [0.15, 0.2) is 0 Å². The van der Waals surface area contributed by atoms with Crippen LogP contribution in [0.25, 0.3) is 11.1 Å². The number of rotatable bonds is 4. The maximum atomic E-state index is 13.3. The van der Waals surface area contributed by atoms with Crippen LogP contribution in [0.4, 0.5) is 11.4 Å². The number of benzene rings is 3. The third kappa shape index (κ3) is 3.14. The molecule has 1 aliphatic rings.